The number of halogens is 3. The van der Waals surface area contributed by atoms with E-state index in [1.807, 2.05) is 6.07 Å². The van der Waals surface area contributed by atoms with E-state index in [0.29, 0.717) is 11.3 Å². The highest BCUT2D eigenvalue weighted by molar-refractivity contribution is 7.92. The predicted octanol–water partition coefficient (Wildman–Crippen LogP) is 4.00. The number of carbonyl (C=O) groups is 1. The Labute approximate surface area is 167 Å². The highest BCUT2D eigenvalue weighted by Gasteiger charge is 2.32. The standard InChI is InChI=1S/C19H21F3N2O4S/c1-12-5-6-13(2)17(11-12)24(29(4,26)27)14(3)18(25)23-15-7-9-16(10-8-15)28-19(20,21)22/h5-11,14H,1-4H3,(H,23,25)/t14-/m1/s1. The first kappa shape index (κ1) is 22.5. The summed E-state index contributed by atoms with van der Waals surface area (Å²) in [7, 11) is -3.79. The van der Waals surface area contributed by atoms with Crippen LogP contribution in [0.3, 0.4) is 0 Å². The summed E-state index contributed by atoms with van der Waals surface area (Å²) >= 11 is 0. The predicted molar refractivity (Wildman–Crippen MR) is 104 cm³/mol. The summed E-state index contributed by atoms with van der Waals surface area (Å²) in [6.07, 6.45) is -3.82. The van der Waals surface area contributed by atoms with Gasteiger partial charge in [-0.1, -0.05) is 12.1 Å². The van der Waals surface area contributed by atoms with Gasteiger partial charge in [-0.15, -0.1) is 13.2 Å². The molecule has 0 fully saturated rings. The molecule has 0 spiro atoms. The van der Waals surface area contributed by atoms with Crippen LogP contribution in [-0.4, -0.2) is 33.0 Å². The summed E-state index contributed by atoms with van der Waals surface area (Å²) < 4.78 is 66.3. The Hall–Kier alpha value is -2.75. The molecule has 1 atom stereocenters. The summed E-state index contributed by atoms with van der Waals surface area (Å²) in [4.78, 5) is 12.7. The molecule has 1 amide bonds. The number of hydrogen-bond donors (Lipinski definition) is 1. The highest BCUT2D eigenvalue weighted by atomic mass is 32.2. The Kier molecular flexibility index (Phi) is 6.46. The van der Waals surface area contributed by atoms with E-state index in [0.717, 1.165) is 28.3 Å². The van der Waals surface area contributed by atoms with Gasteiger partial charge in [-0.2, -0.15) is 0 Å². The van der Waals surface area contributed by atoms with E-state index in [-0.39, 0.29) is 5.69 Å². The Morgan fingerprint density at radius 2 is 1.69 bits per heavy atom. The number of sulfonamides is 1. The maximum Gasteiger partial charge on any atom is 0.573 e. The zero-order valence-corrected chi connectivity index (χ0v) is 17.1. The number of amides is 1. The number of ether oxygens (including phenoxy) is 1. The lowest BCUT2D eigenvalue weighted by molar-refractivity contribution is -0.274. The van der Waals surface area contributed by atoms with Gasteiger partial charge in [0.1, 0.15) is 11.8 Å². The van der Waals surface area contributed by atoms with Crippen molar-refractivity contribution < 1.29 is 31.1 Å². The maximum atomic E-state index is 12.7. The van der Waals surface area contributed by atoms with Crippen LogP contribution in [-0.2, 0) is 14.8 Å². The molecule has 0 saturated carbocycles. The fraction of sp³-hybridized carbons (Fsp3) is 0.316. The number of anilines is 2. The molecule has 2 rings (SSSR count). The lowest BCUT2D eigenvalue weighted by Crippen LogP contribution is -2.45. The second kappa shape index (κ2) is 8.32. The smallest absolute Gasteiger partial charge is 0.406 e. The van der Waals surface area contributed by atoms with Crippen molar-refractivity contribution in [2.75, 3.05) is 15.9 Å². The van der Waals surface area contributed by atoms with Gasteiger partial charge in [0.2, 0.25) is 15.9 Å². The molecule has 2 aromatic carbocycles. The summed E-state index contributed by atoms with van der Waals surface area (Å²) in [5.41, 5.74) is 2.08. The Bertz CT molecular complexity index is 990. The Morgan fingerprint density at radius 3 is 2.21 bits per heavy atom. The largest absolute Gasteiger partial charge is 0.573 e. The molecule has 2 aromatic rings. The summed E-state index contributed by atoms with van der Waals surface area (Å²) in [6.45, 7) is 4.97. The first-order chi connectivity index (χ1) is 13.3. The van der Waals surface area contributed by atoms with Crippen LogP contribution in [0.25, 0.3) is 0 Å². The van der Waals surface area contributed by atoms with Crippen LogP contribution < -0.4 is 14.4 Å². The van der Waals surface area contributed by atoms with Crippen LogP contribution >= 0.6 is 0 Å². The number of alkyl halides is 3. The molecule has 0 bridgehead atoms. The van der Waals surface area contributed by atoms with E-state index in [1.54, 1.807) is 26.0 Å². The van der Waals surface area contributed by atoms with Gasteiger partial charge in [-0.05, 0) is 62.2 Å². The van der Waals surface area contributed by atoms with Crippen LogP contribution in [0.1, 0.15) is 18.1 Å². The summed E-state index contributed by atoms with van der Waals surface area (Å²) in [5, 5.41) is 2.51. The van der Waals surface area contributed by atoms with Crippen LogP contribution in [0.5, 0.6) is 5.75 Å². The van der Waals surface area contributed by atoms with E-state index >= 15 is 0 Å². The van der Waals surface area contributed by atoms with Gasteiger partial charge in [0.15, 0.2) is 0 Å². The van der Waals surface area contributed by atoms with Crippen molar-refractivity contribution in [1.29, 1.82) is 0 Å². The SMILES string of the molecule is Cc1ccc(C)c(N([C@H](C)C(=O)Nc2ccc(OC(F)(F)F)cc2)S(C)(=O)=O)c1. The van der Waals surface area contributed by atoms with Crippen LogP contribution in [0.2, 0.25) is 0 Å². The molecular weight excluding hydrogens is 409 g/mol. The molecule has 0 radical (unpaired) electrons. The minimum absolute atomic E-state index is 0.200. The molecular formula is C19H21F3N2O4S. The Balaban J connectivity index is 2.25. The highest BCUT2D eigenvalue weighted by Crippen LogP contribution is 2.27. The van der Waals surface area contributed by atoms with Crippen molar-refractivity contribution in [2.24, 2.45) is 0 Å². The molecule has 158 valence electrons. The van der Waals surface area contributed by atoms with E-state index in [2.05, 4.69) is 10.1 Å². The number of nitrogens with zero attached hydrogens (tertiary/aromatic N) is 1. The van der Waals surface area contributed by atoms with Gasteiger partial charge in [0, 0.05) is 5.69 Å². The van der Waals surface area contributed by atoms with E-state index in [4.69, 9.17) is 0 Å². The molecule has 0 aliphatic carbocycles. The lowest BCUT2D eigenvalue weighted by atomic mass is 10.1. The van der Waals surface area contributed by atoms with Gasteiger partial charge in [-0.3, -0.25) is 9.10 Å². The normalized spacial score (nSPS) is 12.9. The number of aryl methyl sites for hydroxylation is 2. The molecule has 0 heterocycles. The van der Waals surface area contributed by atoms with Crippen molar-refractivity contribution >= 4 is 27.3 Å². The van der Waals surface area contributed by atoms with Crippen LogP contribution in [0.15, 0.2) is 42.5 Å². The van der Waals surface area contributed by atoms with Gasteiger partial charge >= 0.3 is 6.36 Å². The van der Waals surface area contributed by atoms with E-state index < -0.39 is 34.1 Å². The van der Waals surface area contributed by atoms with E-state index in [1.165, 1.54) is 19.1 Å². The maximum absolute atomic E-state index is 12.7. The summed E-state index contributed by atoms with van der Waals surface area (Å²) in [6, 6.07) is 8.71. The zero-order valence-electron chi connectivity index (χ0n) is 16.2. The second-order valence-corrected chi connectivity index (χ2v) is 8.45. The molecule has 0 saturated heterocycles. The third-order valence-corrected chi connectivity index (χ3v) is 5.27. The first-order valence-corrected chi connectivity index (χ1v) is 10.4. The monoisotopic (exact) mass is 430 g/mol. The molecule has 29 heavy (non-hydrogen) atoms. The Morgan fingerprint density at radius 1 is 1.10 bits per heavy atom. The average Bonchev–Trinajstić information content (AvgIpc) is 2.57. The van der Waals surface area contributed by atoms with Crippen molar-refractivity contribution in [2.45, 2.75) is 33.2 Å². The minimum Gasteiger partial charge on any atom is -0.406 e. The van der Waals surface area contributed by atoms with Gasteiger partial charge in [0.25, 0.3) is 0 Å². The van der Waals surface area contributed by atoms with Gasteiger partial charge < -0.3 is 10.1 Å². The second-order valence-electron chi connectivity index (χ2n) is 6.59. The van der Waals surface area contributed by atoms with Crippen LogP contribution in [0.4, 0.5) is 24.5 Å². The third kappa shape index (κ3) is 6.11. The number of rotatable bonds is 6. The van der Waals surface area contributed by atoms with Crippen molar-refractivity contribution in [3.8, 4) is 5.75 Å². The molecule has 6 nitrogen and oxygen atoms in total. The number of nitrogens with one attached hydrogen (secondary N) is 1. The quantitative estimate of drug-likeness (QED) is 0.752. The van der Waals surface area contributed by atoms with Gasteiger partial charge in [-0.25, -0.2) is 8.42 Å². The topological polar surface area (TPSA) is 75.7 Å². The number of benzene rings is 2. The molecule has 0 aromatic heterocycles. The van der Waals surface area contributed by atoms with Crippen molar-refractivity contribution in [3.63, 3.8) is 0 Å². The van der Waals surface area contributed by atoms with Gasteiger partial charge in [0.05, 0.1) is 11.9 Å². The first-order valence-electron chi connectivity index (χ1n) is 8.51. The van der Waals surface area contributed by atoms with Crippen molar-refractivity contribution in [3.05, 3.63) is 53.6 Å². The molecule has 0 aliphatic heterocycles. The lowest BCUT2D eigenvalue weighted by Gasteiger charge is -2.29. The van der Waals surface area contributed by atoms with E-state index in [9.17, 15) is 26.4 Å². The third-order valence-electron chi connectivity index (χ3n) is 4.05. The fourth-order valence-electron chi connectivity index (χ4n) is 2.72. The average molecular weight is 430 g/mol. The summed E-state index contributed by atoms with van der Waals surface area (Å²) in [5.74, 6) is -1.07. The molecule has 0 aliphatic rings. The van der Waals surface area contributed by atoms with Crippen molar-refractivity contribution in [1.82, 2.24) is 0 Å². The minimum atomic E-state index is -4.82. The fourth-order valence-corrected chi connectivity index (χ4v) is 3.95. The zero-order chi connectivity index (χ0) is 22.0. The molecule has 1 N–H and O–H groups in total. The number of carbonyl (C=O) groups excluding carboxylic acids is 1. The van der Waals surface area contributed by atoms with Crippen LogP contribution in [0, 0.1) is 13.8 Å². The number of hydrogen-bond acceptors (Lipinski definition) is 4. The molecule has 0 unspecified atom stereocenters. The molecule has 10 heteroatoms.